The van der Waals surface area contributed by atoms with Crippen molar-refractivity contribution in [2.75, 3.05) is 26.9 Å². The SMILES string of the molecule is COCC(CN)NC(=O)CC1CCCO1. The molecule has 15 heavy (non-hydrogen) atoms. The van der Waals surface area contributed by atoms with E-state index in [4.69, 9.17) is 15.2 Å². The summed E-state index contributed by atoms with van der Waals surface area (Å²) in [5.74, 6) is -0.00519. The Labute approximate surface area is 90.3 Å². The van der Waals surface area contributed by atoms with Crippen LogP contribution in [0.15, 0.2) is 0 Å². The van der Waals surface area contributed by atoms with Gasteiger partial charge in [-0.2, -0.15) is 0 Å². The minimum absolute atomic E-state index is 0.00519. The normalized spacial score (nSPS) is 22.7. The van der Waals surface area contributed by atoms with Gasteiger partial charge in [0.1, 0.15) is 0 Å². The number of carbonyl (C=O) groups is 1. The summed E-state index contributed by atoms with van der Waals surface area (Å²) in [6.45, 7) is 1.62. The number of nitrogens with one attached hydrogen (secondary N) is 1. The summed E-state index contributed by atoms with van der Waals surface area (Å²) >= 11 is 0. The van der Waals surface area contributed by atoms with E-state index >= 15 is 0 Å². The van der Waals surface area contributed by atoms with E-state index < -0.39 is 0 Å². The minimum Gasteiger partial charge on any atom is -0.383 e. The third kappa shape index (κ3) is 4.59. The Balaban J connectivity index is 2.20. The maximum Gasteiger partial charge on any atom is 0.222 e. The summed E-state index contributed by atoms with van der Waals surface area (Å²) < 4.78 is 10.3. The van der Waals surface area contributed by atoms with Crippen molar-refractivity contribution < 1.29 is 14.3 Å². The molecule has 0 bridgehead atoms. The number of hydrogen-bond donors (Lipinski definition) is 2. The first-order valence-corrected chi connectivity index (χ1v) is 5.36. The Hall–Kier alpha value is -0.650. The molecule has 88 valence electrons. The number of hydrogen-bond acceptors (Lipinski definition) is 4. The van der Waals surface area contributed by atoms with Crippen LogP contribution in [-0.4, -0.2) is 44.9 Å². The number of nitrogens with two attached hydrogens (primary N) is 1. The van der Waals surface area contributed by atoms with E-state index in [2.05, 4.69) is 5.32 Å². The van der Waals surface area contributed by atoms with Gasteiger partial charge in [0.2, 0.25) is 5.91 Å². The molecule has 2 unspecified atom stereocenters. The van der Waals surface area contributed by atoms with Crippen LogP contribution in [0.3, 0.4) is 0 Å². The van der Waals surface area contributed by atoms with Crippen LogP contribution in [0.5, 0.6) is 0 Å². The van der Waals surface area contributed by atoms with E-state index in [0.29, 0.717) is 19.6 Å². The smallest absolute Gasteiger partial charge is 0.222 e. The van der Waals surface area contributed by atoms with Gasteiger partial charge in [-0.1, -0.05) is 0 Å². The Morgan fingerprint density at radius 2 is 2.53 bits per heavy atom. The van der Waals surface area contributed by atoms with Crippen molar-refractivity contribution >= 4 is 5.91 Å². The quantitative estimate of drug-likeness (QED) is 0.636. The van der Waals surface area contributed by atoms with Crippen LogP contribution in [0.2, 0.25) is 0 Å². The largest absolute Gasteiger partial charge is 0.383 e. The van der Waals surface area contributed by atoms with Crippen molar-refractivity contribution in [1.82, 2.24) is 5.32 Å². The molecular formula is C10H20N2O3. The first-order chi connectivity index (χ1) is 7.26. The first-order valence-electron chi connectivity index (χ1n) is 5.36. The lowest BCUT2D eigenvalue weighted by atomic mass is 10.1. The van der Waals surface area contributed by atoms with Gasteiger partial charge in [-0.15, -0.1) is 0 Å². The molecule has 5 heteroatoms. The summed E-state index contributed by atoms with van der Waals surface area (Å²) in [7, 11) is 1.59. The first kappa shape index (κ1) is 12.4. The lowest BCUT2D eigenvalue weighted by Crippen LogP contribution is -2.44. The second-order valence-corrected chi connectivity index (χ2v) is 3.79. The van der Waals surface area contributed by atoms with Gasteiger partial charge in [-0.3, -0.25) is 4.79 Å². The van der Waals surface area contributed by atoms with Crippen LogP contribution in [-0.2, 0) is 14.3 Å². The van der Waals surface area contributed by atoms with E-state index in [1.807, 2.05) is 0 Å². The molecule has 0 aliphatic carbocycles. The second kappa shape index (κ2) is 6.76. The van der Waals surface area contributed by atoms with Crippen molar-refractivity contribution in [3.05, 3.63) is 0 Å². The van der Waals surface area contributed by atoms with Gasteiger partial charge in [0, 0.05) is 20.3 Å². The fourth-order valence-electron chi connectivity index (χ4n) is 1.67. The monoisotopic (exact) mass is 216 g/mol. The van der Waals surface area contributed by atoms with Gasteiger partial charge < -0.3 is 20.5 Å². The highest BCUT2D eigenvalue weighted by Gasteiger charge is 2.20. The van der Waals surface area contributed by atoms with Crippen LogP contribution in [0.1, 0.15) is 19.3 Å². The lowest BCUT2D eigenvalue weighted by molar-refractivity contribution is -0.124. The standard InChI is InChI=1S/C10H20N2O3/c1-14-7-8(6-11)12-10(13)5-9-3-2-4-15-9/h8-9H,2-7,11H2,1H3,(H,12,13). The molecule has 3 N–H and O–H groups in total. The average molecular weight is 216 g/mol. The lowest BCUT2D eigenvalue weighted by Gasteiger charge is -2.17. The molecule has 1 fully saturated rings. The zero-order valence-electron chi connectivity index (χ0n) is 9.20. The molecule has 1 rings (SSSR count). The highest BCUT2D eigenvalue weighted by atomic mass is 16.5. The van der Waals surface area contributed by atoms with E-state index in [1.54, 1.807) is 7.11 Å². The second-order valence-electron chi connectivity index (χ2n) is 3.79. The fourth-order valence-corrected chi connectivity index (χ4v) is 1.67. The van der Waals surface area contributed by atoms with Gasteiger partial charge in [0.25, 0.3) is 0 Å². The zero-order valence-corrected chi connectivity index (χ0v) is 9.20. The molecule has 1 aliphatic rings. The maximum atomic E-state index is 11.5. The zero-order chi connectivity index (χ0) is 11.1. The van der Waals surface area contributed by atoms with Crippen LogP contribution in [0.25, 0.3) is 0 Å². The molecule has 1 aliphatic heterocycles. The molecule has 1 heterocycles. The number of ether oxygens (including phenoxy) is 2. The van der Waals surface area contributed by atoms with Gasteiger partial charge in [0.05, 0.1) is 25.2 Å². The molecule has 0 aromatic carbocycles. The summed E-state index contributed by atoms with van der Waals surface area (Å²) in [5.41, 5.74) is 5.49. The molecule has 0 aromatic heterocycles. The van der Waals surface area contributed by atoms with Crippen LogP contribution in [0, 0.1) is 0 Å². The predicted octanol–water partition coefficient (Wildman–Crippen LogP) is -0.355. The molecule has 0 spiro atoms. The molecular weight excluding hydrogens is 196 g/mol. The van der Waals surface area contributed by atoms with E-state index in [-0.39, 0.29) is 18.1 Å². The van der Waals surface area contributed by atoms with Crippen molar-refractivity contribution in [1.29, 1.82) is 0 Å². The summed E-state index contributed by atoms with van der Waals surface area (Å²) in [6.07, 6.45) is 2.55. The van der Waals surface area contributed by atoms with Gasteiger partial charge >= 0.3 is 0 Å². The fraction of sp³-hybridized carbons (Fsp3) is 0.900. The number of rotatable bonds is 6. The average Bonchev–Trinajstić information content (AvgIpc) is 2.69. The van der Waals surface area contributed by atoms with E-state index in [0.717, 1.165) is 19.4 Å². The third-order valence-corrected chi connectivity index (χ3v) is 2.45. The number of carbonyl (C=O) groups excluding carboxylic acids is 1. The molecule has 2 atom stereocenters. The Morgan fingerprint density at radius 3 is 3.07 bits per heavy atom. The molecule has 0 radical (unpaired) electrons. The van der Waals surface area contributed by atoms with Crippen molar-refractivity contribution in [2.45, 2.75) is 31.4 Å². The van der Waals surface area contributed by atoms with Gasteiger partial charge in [-0.05, 0) is 12.8 Å². The summed E-state index contributed by atoms with van der Waals surface area (Å²) in [5, 5.41) is 2.83. The van der Waals surface area contributed by atoms with Crippen LogP contribution in [0.4, 0.5) is 0 Å². The van der Waals surface area contributed by atoms with Crippen LogP contribution >= 0.6 is 0 Å². The molecule has 1 amide bonds. The number of methoxy groups -OCH3 is 1. The van der Waals surface area contributed by atoms with Crippen molar-refractivity contribution in [2.24, 2.45) is 5.73 Å². The molecule has 0 saturated carbocycles. The Bertz CT molecular complexity index is 193. The topological polar surface area (TPSA) is 73.6 Å². The molecule has 0 aromatic rings. The Kier molecular flexibility index (Phi) is 5.60. The molecule has 1 saturated heterocycles. The minimum atomic E-state index is -0.0936. The van der Waals surface area contributed by atoms with Gasteiger partial charge in [-0.25, -0.2) is 0 Å². The molecule has 5 nitrogen and oxygen atoms in total. The van der Waals surface area contributed by atoms with Crippen LogP contribution < -0.4 is 11.1 Å². The number of amides is 1. The van der Waals surface area contributed by atoms with E-state index in [9.17, 15) is 4.79 Å². The van der Waals surface area contributed by atoms with Gasteiger partial charge in [0.15, 0.2) is 0 Å². The third-order valence-electron chi connectivity index (χ3n) is 2.45. The summed E-state index contributed by atoms with van der Waals surface area (Å²) in [4.78, 5) is 11.5. The highest BCUT2D eigenvalue weighted by molar-refractivity contribution is 5.76. The van der Waals surface area contributed by atoms with Crippen molar-refractivity contribution in [3.8, 4) is 0 Å². The predicted molar refractivity (Wildman–Crippen MR) is 56.5 cm³/mol. The summed E-state index contributed by atoms with van der Waals surface area (Å²) in [6, 6.07) is -0.0936. The van der Waals surface area contributed by atoms with E-state index in [1.165, 1.54) is 0 Å². The van der Waals surface area contributed by atoms with Crippen molar-refractivity contribution in [3.63, 3.8) is 0 Å². The maximum absolute atomic E-state index is 11.5. The Morgan fingerprint density at radius 1 is 1.73 bits per heavy atom. The highest BCUT2D eigenvalue weighted by Crippen LogP contribution is 2.14.